The molecule has 2 amide bonds. The van der Waals surface area contributed by atoms with Gasteiger partial charge in [0.2, 0.25) is 0 Å². The number of aryl methyl sites for hydroxylation is 1. The smallest absolute Gasteiger partial charge is 0.339 e. The number of hydrogen-bond donors (Lipinski definition) is 1. The number of benzene rings is 3. The highest BCUT2D eigenvalue weighted by molar-refractivity contribution is 7.87. The molecule has 1 fully saturated rings. The highest BCUT2D eigenvalue weighted by Gasteiger charge is 2.23. The predicted molar refractivity (Wildman–Crippen MR) is 135 cm³/mol. The van der Waals surface area contributed by atoms with Gasteiger partial charge in [0.15, 0.2) is 0 Å². The fourth-order valence-corrected chi connectivity index (χ4v) is 4.47. The van der Waals surface area contributed by atoms with Gasteiger partial charge in [-0.25, -0.2) is 0 Å². The van der Waals surface area contributed by atoms with Crippen molar-refractivity contribution in [1.82, 2.24) is 10.2 Å². The largest absolute Gasteiger partial charge is 0.379 e. The SMILES string of the molecule is Cc1ccc(S(=O)(=O)Oc2ccc(C=C(NC(=O)c3ccccc3)C(=O)N3CCOCC3)cc2)cc1. The minimum Gasteiger partial charge on any atom is -0.379 e. The fraction of sp³-hybridized carbons (Fsp3) is 0.185. The molecule has 1 heterocycles. The van der Waals surface area contributed by atoms with Gasteiger partial charge in [0.05, 0.1) is 13.2 Å². The lowest BCUT2D eigenvalue weighted by Crippen LogP contribution is -2.44. The van der Waals surface area contributed by atoms with E-state index < -0.39 is 16.0 Å². The summed E-state index contributed by atoms with van der Waals surface area (Å²) in [7, 11) is -3.99. The Morgan fingerprint density at radius 1 is 0.917 bits per heavy atom. The van der Waals surface area contributed by atoms with Crippen LogP contribution in [0.4, 0.5) is 0 Å². The van der Waals surface area contributed by atoms with Gasteiger partial charge in [-0.05, 0) is 55.0 Å². The summed E-state index contributed by atoms with van der Waals surface area (Å²) in [6.07, 6.45) is 1.55. The molecule has 3 aromatic rings. The van der Waals surface area contributed by atoms with E-state index in [1.165, 1.54) is 24.3 Å². The van der Waals surface area contributed by atoms with Crippen molar-refractivity contribution in [3.05, 3.63) is 101 Å². The molecular weight excluding hydrogens is 480 g/mol. The molecule has 3 aromatic carbocycles. The maximum atomic E-state index is 13.2. The van der Waals surface area contributed by atoms with E-state index >= 15 is 0 Å². The van der Waals surface area contributed by atoms with Gasteiger partial charge in [0.25, 0.3) is 11.8 Å². The molecule has 0 radical (unpaired) electrons. The van der Waals surface area contributed by atoms with Crippen molar-refractivity contribution in [3.8, 4) is 5.75 Å². The molecule has 0 bridgehead atoms. The Kier molecular flexibility index (Phi) is 7.82. The van der Waals surface area contributed by atoms with E-state index in [1.807, 2.05) is 6.92 Å². The third-order valence-corrected chi connectivity index (χ3v) is 6.78. The van der Waals surface area contributed by atoms with E-state index in [0.29, 0.717) is 37.4 Å². The Morgan fingerprint density at radius 3 is 2.19 bits per heavy atom. The zero-order chi connectivity index (χ0) is 25.5. The average molecular weight is 507 g/mol. The van der Waals surface area contributed by atoms with Gasteiger partial charge in [-0.15, -0.1) is 0 Å². The van der Waals surface area contributed by atoms with Crippen LogP contribution in [-0.2, 0) is 19.6 Å². The van der Waals surface area contributed by atoms with Gasteiger partial charge < -0.3 is 19.1 Å². The maximum absolute atomic E-state index is 13.2. The molecule has 0 spiro atoms. The minimum absolute atomic E-state index is 0.0547. The molecule has 0 unspecified atom stereocenters. The quantitative estimate of drug-likeness (QED) is 0.389. The zero-order valence-corrected chi connectivity index (χ0v) is 20.5. The Bertz CT molecular complexity index is 1350. The molecule has 0 atom stereocenters. The molecular formula is C27H26N2O6S. The highest BCUT2D eigenvalue weighted by Crippen LogP contribution is 2.21. The summed E-state index contributed by atoms with van der Waals surface area (Å²) < 4.78 is 35.7. The summed E-state index contributed by atoms with van der Waals surface area (Å²) in [6, 6.07) is 21.2. The van der Waals surface area contributed by atoms with Crippen molar-refractivity contribution in [3.63, 3.8) is 0 Å². The van der Waals surface area contributed by atoms with Crippen molar-refractivity contribution >= 4 is 28.0 Å². The number of carbonyl (C=O) groups is 2. The van der Waals surface area contributed by atoms with E-state index in [9.17, 15) is 18.0 Å². The van der Waals surface area contributed by atoms with E-state index in [2.05, 4.69) is 5.32 Å². The topological polar surface area (TPSA) is 102 Å². The number of nitrogens with one attached hydrogen (secondary N) is 1. The van der Waals surface area contributed by atoms with E-state index in [1.54, 1.807) is 65.6 Å². The Balaban J connectivity index is 1.55. The van der Waals surface area contributed by atoms with Gasteiger partial charge in [0, 0.05) is 18.7 Å². The molecule has 0 saturated carbocycles. The highest BCUT2D eigenvalue weighted by atomic mass is 32.2. The third-order valence-electron chi connectivity index (χ3n) is 5.52. The van der Waals surface area contributed by atoms with Crippen LogP contribution in [0.5, 0.6) is 5.75 Å². The van der Waals surface area contributed by atoms with Gasteiger partial charge in [-0.1, -0.05) is 48.0 Å². The summed E-state index contributed by atoms with van der Waals surface area (Å²) in [4.78, 5) is 27.6. The first-order valence-corrected chi connectivity index (χ1v) is 12.8. The first-order valence-electron chi connectivity index (χ1n) is 11.4. The second-order valence-corrected chi connectivity index (χ2v) is 9.75. The van der Waals surface area contributed by atoms with Crippen LogP contribution in [0.1, 0.15) is 21.5 Å². The number of carbonyl (C=O) groups excluding carboxylic acids is 2. The summed E-state index contributed by atoms with van der Waals surface area (Å²) in [5, 5.41) is 2.72. The summed E-state index contributed by atoms with van der Waals surface area (Å²) in [6.45, 7) is 3.55. The van der Waals surface area contributed by atoms with Crippen molar-refractivity contribution in [2.75, 3.05) is 26.3 Å². The molecule has 36 heavy (non-hydrogen) atoms. The second kappa shape index (κ2) is 11.2. The second-order valence-electron chi connectivity index (χ2n) is 8.20. The van der Waals surface area contributed by atoms with Crippen molar-refractivity contribution in [2.24, 2.45) is 0 Å². The number of ether oxygens (including phenoxy) is 1. The molecule has 8 nitrogen and oxygen atoms in total. The summed E-state index contributed by atoms with van der Waals surface area (Å²) in [5.74, 6) is -0.612. The number of rotatable bonds is 7. The predicted octanol–water partition coefficient (Wildman–Crippen LogP) is 3.39. The molecule has 1 N–H and O–H groups in total. The minimum atomic E-state index is -3.99. The van der Waals surface area contributed by atoms with Gasteiger partial charge in [-0.3, -0.25) is 9.59 Å². The van der Waals surface area contributed by atoms with E-state index in [4.69, 9.17) is 8.92 Å². The Morgan fingerprint density at radius 2 is 1.56 bits per heavy atom. The van der Waals surface area contributed by atoms with Gasteiger partial charge in [-0.2, -0.15) is 8.42 Å². The standard InChI is InChI=1S/C27H26N2O6S/c1-20-7-13-24(14-8-20)36(32,33)35-23-11-9-21(10-12-23)19-25(27(31)29-15-17-34-18-16-29)28-26(30)22-5-3-2-4-6-22/h2-14,19H,15-18H2,1H3,(H,28,30). The Labute approximate surface area is 210 Å². The van der Waals surface area contributed by atoms with Crippen molar-refractivity contribution in [1.29, 1.82) is 0 Å². The first kappa shape index (κ1) is 25.2. The molecule has 0 aliphatic carbocycles. The zero-order valence-electron chi connectivity index (χ0n) is 19.7. The van der Waals surface area contributed by atoms with Crippen molar-refractivity contribution in [2.45, 2.75) is 11.8 Å². The van der Waals surface area contributed by atoms with Crippen LogP contribution < -0.4 is 9.50 Å². The lowest BCUT2D eigenvalue weighted by Gasteiger charge is -2.27. The lowest BCUT2D eigenvalue weighted by atomic mass is 10.1. The monoisotopic (exact) mass is 506 g/mol. The lowest BCUT2D eigenvalue weighted by molar-refractivity contribution is -0.131. The van der Waals surface area contributed by atoms with Crippen LogP contribution in [0.3, 0.4) is 0 Å². The molecule has 1 aliphatic heterocycles. The number of hydrogen-bond acceptors (Lipinski definition) is 6. The van der Waals surface area contributed by atoms with Crippen molar-refractivity contribution < 1.29 is 26.9 Å². The molecule has 186 valence electrons. The molecule has 9 heteroatoms. The normalized spacial score (nSPS) is 14.2. The number of nitrogens with zero attached hydrogens (tertiary/aromatic N) is 1. The molecule has 0 aromatic heterocycles. The third kappa shape index (κ3) is 6.38. The van der Waals surface area contributed by atoms with E-state index in [-0.39, 0.29) is 22.2 Å². The summed E-state index contributed by atoms with van der Waals surface area (Å²) in [5.41, 5.74) is 2.04. The average Bonchev–Trinajstić information content (AvgIpc) is 2.90. The van der Waals surface area contributed by atoms with Crippen LogP contribution in [0.2, 0.25) is 0 Å². The maximum Gasteiger partial charge on any atom is 0.339 e. The van der Waals surface area contributed by atoms with E-state index in [0.717, 1.165) is 5.56 Å². The molecule has 1 aliphatic rings. The molecule has 4 rings (SSSR count). The van der Waals surface area contributed by atoms with Gasteiger partial charge in [0.1, 0.15) is 16.3 Å². The first-order chi connectivity index (χ1) is 17.3. The van der Waals surface area contributed by atoms with Gasteiger partial charge >= 0.3 is 10.1 Å². The number of morpholine rings is 1. The fourth-order valence-electron chi connectivity index (χ4n) is 3.54. The summed E-state index contributed by atoms with van der Waals surface area (Å²) >= 11 is 0. The van der Waals surface area contributed by atoms with Crippen LogP contribution in [0, 0.1) is 6.92 Å². The number of amides is 2. The Hall–Kier alpha value is -3.95. The van der Waals surface area contributed by atoms with Crippen LogP contribution >= 0.6 is 0 Å². The van der Waals surface area contributed by atoms with Crippen LogP contribution in [-0.4, -0.2) is 51.4 Å². The van der Waals surface area contributed by atoms with Crippen LogP contribution in [0.25, 0.3) is 6.08 Å². The molecule has 1 saturated heterocycles. The van der Waals surface area contributed by atoms with Crippen LogP contribution in [0.15, 0.2) is 89.5 Å².